The van der Waals surface area contributed by atoms with Gasteiger partial charge in [-0.1, -0.05) is 18.2 Å². The highest BCUT2D eigenvalue weighted by atomic mass is 32.1. The Kier molecular flexibility index (Phi) is 4.30. The maximum absolute atomic E-state index is 12.9. The van der Waals surface area contributed by atoms with Crippen LogP contribution in [0.3, 0.4) is 0 Å². The van der Waals surface area contributed by atoms with Crippen molar-refractivity contribution in [1.82, 2.24) is 14.9 Å². The van der Waals surface area contributed by atoms with E-state index >= 15 is 0 Å². The molecule has 7 nitrogen and oxygen atoms in total. The molecule has 0 fully saturated rings. The molecule has 0 amide bonds. The van der Waals surface area contributed by atoms with Crippen LogP contribution >= 0.6 is 11.3 Å². The molecular formula is C21H18N4O3S. The van der Waals surface area contributed by atoms with E-state index in [0.717, 1.165) is 10.6 Å². The van der Waals surface area contributed by atoms with Crippen molar-refractivity contribution in [3.63, 3.8) is 0 Å². The molecular weight excluding hydrogens is 388 g/mol. The van der Waals surface area contributed by atoms with Crippen LogP contribution < -0.4 is 16.7 Å². The second kappa shape index (κ2) is 6.98. The van der Waals surface area contributed by atoms with Gasteiger partial charge in [-0.3, -0.25) is 14.5 Å². The highest BCUT2D eigenvalue weighted by Crippen LogP contribution is 2.24. The third kappa shape index (κ3) is 3.16. The highest BCUT2D eigenvalue weighted by Gasteiger charge is 2.24. The molecule has 4 aromatic rings. The third-order valence-corrected chi connectivity index (χ3v) is 6.08. The summed E-state index contributed by atoms with van der Waals surface area (Å²) in [6.45, 7) is 1.41. The Morgan fingerprint density at radius 3 is 2.90 bits per heavy atom. The number of aromatic amines is 1. The van der Waals surface area contributed by atoms with Crippen LogP contribution in [0.15, 0.2) is 55.8 Å². The minimum absolute atomic E-state index is 0.125. The minimum Gasteiger partial charge on any atom is -0.440 e. The van der Waals surface area contributed by atoms with E-state index in [1.54, 1.807) is 24.3 Å². The molecule has 4 heterocycles. The number of nitrogens with one attached hydrogen (secondary N) is 1. The number of nitrogens with two attached hydrogens (primary N) is 1. The van der Waals surface area contributed by atoms with Gasteiger partial charge in [0, 0.05) is 26.1 Å². The molecule has 0 bridgehead atoms. The predicted molar refractivity (Wildman–Crippen MR) is 113 cm³/mol. The zero-order valence-electron chi connectivity index (χ0n) is 15.5. The Morgan fingerprint density at radius 2 is 2.07 bits per heavy atom. The van der Waals surface area contributed by atoms with Crippen LogP contribution in [0.4, 0.5) is 5.88 Å². The molecule has 0 saturated carbocycles. The monoisotopic (exact) mass is 406 g/mol. The molecule has 146 valence electrons. The van der Waals surface area contributed by atoms with Gasteiger partial charge in [0.05, 0.1) is 27.1 Å². The van der Waals surface area contributed by atoms with Gasteiger partial charge >= 0.3 is 0 Å². The number of rotatable bonds is 3. The van der Waals surface area contributed by atoms with Crippen molar-refractivity contribution < 1.29 is 4.42 Å². The summed E-state index contributed by atoms with van der Waals surface area (Å²) in [5.74, 6) is 0.733. The van der Waals surface area contributed by atoms with Crippen molar-refractivity contribution >= 4 is 28.2 Å². The number of H-pyrrole nitrogens is 1. The van der Waals surface area contributed by atoms with Gasteiger partial charge in [0.1, 0.15) is 5.58 Å². The van der Waals surface area contributed by atoms with Gasteiger partial charge in [-0.15, -0.1) is 11.3 Å². The van der Waals surface area contributed by atoms with E-state index in [4.69, 9.17) is 10.2 Å². The van der Waals surface area contributed by atoms with E-state index in [1.807, 2.05) is 22.4 Å². The van der Waals surface area contributed by atoms with Crippen LogP contribution in [-0.4, -0.2) is 21.4 Å². The first-order valence-corrected chi connectivity index (χ1v) is 10.2. The van der Waals surface area contributed by atoms with Crippen molar-refractivity contribution in [2.75, 3.05) is 12.3 Å². The average molecular weight is 406 g/mol. The Morgan fingerprint density at radius 1 is 1.21 bits per heavy atom. The fourth-order valence-electron chi connectivity index (χ4n) is 3.72. The molecule has 0 atom stereocenters. The Hall–Kier alpha value is -3.23. The molecule has 1 aliphatic heterocycles. The van der Waals surface area contributed by atoms with E-state index in [0.29, 0.717) is 54.0 Å². The number of benzene rings is 1. The van der Waals surface area contributed by atoms with Crippen molar-refractivity contribution in [2.45, 2.75) is 19.5 Å². The number of thiophene rings is 1. The summed E-state index contributed by atoms with van der Waals surface area (Å²) in [7, 11) is 0. The number of aromatic nitrogens is 2. The number of anilines is 1. The van der Waals surface area contributed by atoms with Gasteiger partial charge in [0.15, 0.2) is 17.1 Å². The molecule has 1 aromatic carbocycles. The summed E-state index contributed by atoms with van der Waals surface area (Å²) < 4.78 is 5.64. The van der Waals surface area contributed by atoms with Gasteiger partial charge < -0.3 is 15.1 Å². The van der Waals surface area contributed by atoms with Gasteiger partial charge in [0.2, 0.25) is 0 Å². The zero-order chi connectivity index (χ0) is 20.0. The quantitative estimate of drug-likeness (QED) is 0.542. The van der Waals surface area contributed by atoms with E-state index in [1.165, 1.54) is 11.3 Å². The standard InChI is InChI=1S/C21H18N4O3S/c22-19-14(18(26)12-4-1-2-5-16(12)28-19)11-25-8-7-15-13(10-25)21(27)24-20(23-15)17-6-3-9-29-17/h1-6,9H,7-8,10-11,22H2,(H,23,24,27). The second-order valence-corrected chi connectivity index (χ2v) is 8.00. The Balaban J connectivity index is 1.46. The number of hydrogen-bond donors (Lipinski definition) is 2. The largest absolute Gasteiger partial charge is 0.440 e. The van der Waals surface area contributed by atoms with Crippen molar-refractivity contribution in [3.05, 3.63) is 79.2 Å². The molecule has 0 aliphatic carbocycles. The van der Waals surface area contributed by atoms with Crippen molar-refractivity contribution in [1.29, 1.82) is 0 Å². The predicted octanol–water partition coefficient (Wildman–Crippen LogP) is 2.75. The van der Waals surface area contributed by atoms with Crippen molar-refractivity contribution in [2.24, 2.45) is 0 Å². The first-order valence-electron chi connectivity index (χ1n) is 9.28. The molecule has 0 radical (unpaired) electrons. The summed E-state index contributed by atoms with van der Waals surface area (Å²) in [5, 5.41) is 2.46. The number of para-hydroxylation sites is 1. The smallest absolute Gasteiger partial charge is 0.255 e. The maximum Gasteiger partial charge on any atom is 0.255 e. The first-order chi connectivity index (χ1) is 14.1. The Bertz CT molecular complexity index is 1320. The van der Waals surface area contributed by atoms with Crippen LogP contribution in [0.1, 0.15) is 16.8 Å². The zero-order valence-corrected chi connectivity index (χ0v) is 16.3. The molecule has 5 rings (SSSR count). The normalized spacial score (nSPS) is 14.2. The van der Waals surface area contributed by atoms with Crippen LogP contribution in [-0.2, 0) is 19.5 Å². The fourth-order valence-corrected chi connectivity index (χ4v) is 4.39. The molecule has 8 heteroatoms. The fraction of sp³-hybridized carbons (Fsp3) is 0.190. The summed E-state index contributed by atoms with van der Waals surface area (Å²) in [6, 6.07) is 10.9. The lowest BCUT2D eigenvalue weighted by Crippen LogP contribution is -2.36. The van der Waals surface area contributed by atoms with E-state index < -0.39 is 0 Å². The molecule has 29 heavy (non-hydrogen) atoms. The summed E-state index contributed by atoms with van der Waals surface area (Å²) in [6.07, 6.45) is 0.635. The molecule has 0 saturated heterocycles. The molecule has 0 unspecified atom stereocenters. The lowest BCUT2D eigenvalue weighted by atomic mass is 10.1. The number of nitrogens with zero attached hydrogens (tertiary/aromatic N) is 2. The van der Waals surface area contributed by atoms with Crippen LogP contribution in [0, 0.1) is 0 Å². The Labute approximate surface area is 169 Å². The van der Waals surface area contributed by atoms with Crippen LogP contribution in [0.25, 0.3) is 21.7 Å². The van der Waals surface area contributed by atoms with E-state index in [-0.39, 0.29) is 16.9 Å². The van der Waals surface area contributed by atoms with E-state index in [2.05, 4.69) is 9.97 Å². The molecule has 3 aromatic heterocycles. The SMILES string of the molecule is Nc1oc2ccccc2c(=O)c1CN1CCc2nc(-c3cccs3)[nH]c(=O)c2C1. The number of hydrogen-bond acceptors (Lipinski definition) is 7. The minimum atomic E-state index is -0.137. The molecule has 0 spiro atoms. The van der Waals surface area contributed by atoms with E-state index in [9.17, 15) is 9.59 Å². The van der Waals surface area contributed by atoms with Crippen LogP contribution in [0.5, 0.6) is 0 Å². The number of nitrogen functional groups attached to an aromatic ring is 1. The third-order valence-electron chi connectivity index (χ3n) is 5.21. The summed E-state index contributed by atoms with van der Waals surface area (Å²) in [4.78, 5) is 36.0. The van der Waals surface area contributed by atoms with Crippen LogP contribution in [0.2, 0.25) is 0 Å². The highest BCUT2D eigenvalue weighted by molar-refractivity contribution is 7.13. The average Bonchev–Trinajstić information content (AvgIpc) is 3.26. The molecule has 1 aliphatic rings. The number of fused-ring (bicyclic) bond motifs is 2. The van der Waals surface area contributed by atoms with Gasteiger partial charge in [0.25, 0.3) is 5.56 Å². The van der Waals surface area contributed by atoms with Gasteiger partial charge in [-0.25, -0.2) is 4.98 Å². The lowest BCUT2D eigenvalue weighted by Gasteiger charge is -2.27. The topological polar surface area (TPSA) is 105 Å². The first kappa shape index (κ1) is 17.8. The van der Waals surface area contributed by atoms with Gasteiger partial charge in [-0.2, -0.15) is 0 Å². The van der Waals surface area contributed by atoms with Gasteiger partial charge in [-0.05, 0) is 23.6 Å². The summed E-state index contributed by atoms with van der Waals surface area (Å²) >= 11 is 1.54. The summed E-state index contributed by atoms with van der Waals surface area (Å²) in [5.41, 5.74) is 8.11. The molecule has 3 N–H and O–H groups in total. The lowest BCUT2D eigenvalue weighted by molar-refractivity contribution is 0.240. The maximum atomic E-state index is 12.9. The second-order valence-electron chi connectivity index (χ2n) is 7.05. The van der Waals surface area contributed by atoms with Crippen molar-refractivity contribution in [3.8, 4) is 10.7 Å².